The Balaban J connectivity index is 1.81. The topological polar surface area (TPSA) is 77.8 Å². The Labute approximate surface area is 185 Å². The first-order valence-electron chi connectivity index (χ1n) is 11.2. The molecule has 0 aromatic heterocycles. The number of hydrogen-bond donors (Lipinski definition) is 2. The largest absolute Gasteiger partial charge is 0.481 e. The van der Waals surface area contributed by atoms with Gasteiger partial charge in [-0.25, -0.2) is 0 Å². The van der Waals surface area contributed by atoms with Crippen molar-refractivity contribution in [3.05, 3.63) is 30.3 Å². The first-order chi connectivity index (χ1) is 14.4. The van der Waals surface area contributed by atoms with Crippen LogP contribution in [0.4, 0.5) is 0 Å². The van der Waals surface area contributed by atoms with Crippen molar-refractivity contribution in [1.29, 1.82) is 0 Å². The Morgan fingerprint density at radius 3 is 2.67 bits per heavy atom. The molecule has 0 spiro atoms. The Bertz CT molecular complexity index is 654. The van der Waals surface area contributed by atoms with E-state index in [2.05, 4.69) is 26.0 Å². The van der Waals surface area contributed by atoms with Gasteiger partial charge in [-0.05, 0) is 56.1 Å². The molecule has 0 aliphatic carbocycles. The predicted molar refractivity (Wildman–Crippen MR) is 122 cm³/mol. The van der Waals surface area contributed by atoms with E-state index in [9.17, 15) is 14.7 Å². The lowest BCUT2D eigenvalue weighted by atomic mass is 9.87. The quantitative estimate of drug-likeness (QED) is 0.434. The van der Waals surface area contributed by atoms with Crippen molar-refractivity contribution in [2.45, 2.75) is 82.3 Å². The van der Waals surface area contributed by atoms with Gasteiger partial charge in [0.15, 0.2) is 0 Å². The molecule has 1 amide bonds. The van der Waals surface area contributed by atoms with E-state index < -0.39 is 5.97 Å². The molecule has 1 saturated heterocycles. The van der Waals surface area contributed by atoms with Gasteiger partial charge >= 0.3 is 5.97 Å². The molecule has 6 heteroatoms. The molecule has 1 heterocycles. The smallest absolute Gasteiger partial charge is 0.303 e. The van der Waals surface area contributed by atoms with Crippen LogP contribution in [0.25, 0.3) is 0 Å². The van der Waals surface area contributed by atoms with Gasteiger partial charge in [0.1, 0.15) is 0 Å². The van der Waals surface area contributed by atoms with Crippen molar-refractivity contribution in [1.82, 2.24) is 4.90 Å². The standard InChI is InChI=1S/C24H37NO4S/c1-18(8-6-13-24(28)29)14-15-25-22(11-7-12-23(25)27)19(2)16-20(26)17-30-21-9-4-3-5-10-21/h3-5,9-10,18-20,22,26H,6-8,11-17H2,1-2H3,(H,28,29)/t18-,19-,20?,22+/m0/s1. The van der Waals surface area contributed by atoms with Gasteiger partial charge < -0.3 is 15.1 Å². The van der Waals surface area contributed by atoms with Gasteiger partial charge in [0, 0.05) is 36.1 Å². The van der Waals surface area contributed by atoms with Crippen molar-refractivity contribution in [3.63, 3.8) is 0 Å². The zero-order valence-electron chi connectivity index (χ0n) is 18.3. The Kier molecular flexibility index (Phi) is 10.7. The minimum Gasteiger partial charge on any atom is -0.481 e. The monoisotopic (exact) mass is 435 g/mol. The number of likely N-dealkylation sites (tertiary alicyclic amines) is 1. The van der Waals surface area contributed by atoms with Crippen LogP contribution >= 0.6 is 11.8 Å². The maximum absolute atomic E-state index is 12.6. The number of amides is 1. The fraction of sp³-hybridized carbons (Fsp3) is 0.667. The average molecular weight is 436 g/mol. The summed E-state index contributed by atoms with van der Waals surface area (Å²) in [5.41, 5.74) is 0. The molecule has 2 rings (SSSR count). The summed E-state index contributed by atoms with van der Waals surface area (Å²) in [6.07, 6.45) is 5.53. The van der Waals surface area contributed by atoms with Crippen LogP contribution in [0.15, 0.2) is 35.2 Å². The van der Waals surface area contributed by atoms with E-state index in [1.165, 1.54) is 0 Å². The average Bonchev–Trinajstić information content (AvgIpc) is 2.71. The summed E-state index contributed by atoms with van der Waals surface area (Å²) < 4.78 is 0. The number of aliphatic hydroxyl groups is 1. The Morgan fingerprint density at radius 1 is 1.23 bits per heavy atom. The zero-order valence-corrected chi connectivity index (χ0v) is 19.2. The van der Waals surface area contributed by atoms with Gasteiger partial charge in [-0.3, -0.25) is 9.59 Å². The van der Waals surface area contributed by atoms with E-state index >= 15 is 0 Å². The second-order valence-electron chi connectivity index (χ2n) is 8.72. The molecule has 0 bridgehead atoms. The summed E-state index contributed by atoms with van der Waals surface area (Å²) in [7, 11) is 0. The second-order valence-corrected chi connectivity index (χ2v) is 9.81. The maximum Gasteiger partial charge on any atom is 0.303 e. The van der Waals surface area contributed by atoms with Crippen LogP contribution in [0.5, 0.6) is 0 Å². The van der Waals surface area contributed by atoms with Crippen molar-refractivity contribution in [3.8, 4) is 0 Å². The Morgan fingerprint density at radius 2 is 1.97 bits per heavy atom. The molecule has 30 heavy (non-hydrogen) atoms. The van der Waals surface area contributed by atoms with Gasteiger partial charge in [-0.1, -0.05) is 38.5 Å². The number of thioether (sulfide) groups is 1. The van der Waals surface area contributed by atoms with Gasteiger partial charge in [0.25, 0.3) is 0 Å². The van der Waals surface area contributed by atoms with Crippen molar-refractivity contribution in [2.75, 3.05) is 12.3 Å². The van der Waals surface area contributed by atoms with Crippen molar-refractivity contribution < 1.29 is 19.8 Å². The summed E-state index contributed by atoms with van der Waals surface area (Å²) in [5, 5.41) is 19.3. The highest BCUT2D eigenvalue weighted by Crippen LogP contribution is 2.29. The number of carbonyl (C=O) groups excluding carboxylic acids is 1. The third kappa shape index (κ3) is 8.68. The van der Waals surface area contributed by atoms with Crippen LogP contribution in [-0.4, -0.2) is 51.4 Å². The van der Waals surface area contributed by atoms with E-state index in [4.69, 9.17) is 5.11 Å². The number of carboxylic acids is 1. The van der Waals surface area contributed by atoms with Gasteiger partial charge in [-0.2, -0.15) is 0 Å². The normalized spacial score (nSPS) is 20.0. The number of rotatable bonds is 13. The highest BCUT2D eigenvalue weighted by Gasteiger charge is 2.32. The maximum atomic E-state index is 12.6. The van der Waals surface area contributed by atoms with E-state index in [1.54, 1.807) is 11.8 Å². The molecule has 0 radical (unpaired) electrons. The molecule has 168 valence electrons. The molecule has 1 aromatic carbocycles. The van der Waals surface area contributed by atoms with Crippen molar-refractivity contribution in [2.24, 2.45) is 11.8 Å². The van der Waals surface area contributed by atoms with E-state index in [0.29, 0.717) is 30.9 Å². The minimum atomic E-state index is -0.744. The molecular weight excluding hydrogens is 398 g/mol. The molecule has 1 aromatic rings. The van der Waals surface area contributed by atoms with Crippen LogP contribution in [0.2, 0.25) is 0 Å². The molecule has 1 fully saturated rings. The van der Waals surface area contributed by atoms with Crippen molar-refractivity contribution >= 4 is 23.6 Å². The summed E-state index contributed by atoms with van der Waals surface area (Å²) in [6, 6.07) is 10.3. The number of nitrogens with zero attached hydrogens (tertiary/aromatic N) is 1. The summed E-state index contributed by atoms with van der Waals surface area (Å²) in [6.45, 7) is 5.03. The lowest BCUT2D eigenvalue weighted by Gasteiger charge is -2.40. The number of hydrogen-bond acceptors (Lipinski definition) is 4. The van der Waals surface area contributed by atoms with E-state index in [0.717, 1.165) is 37.1 Å². The highest BCUT2D eigenvalue weighted by molar-refractivity contribution is 7.99. The lowest BCUT2D eigenvalue weighted by Crippen LogP contribution is -2.48. The number of aliphatic carboxylic acids is 1. The van der Waals surface area contributed by atoms with Crippen LogP contribution in [0.1, 0.15) is 65.2 Å². The van der Waals surface area contributed by atoms with Gasteiger partial charge in [0.05, 0.1) is 6.10 Å². The van der Waals surface area contributed by atoms with Crippen LogP contribution in [0.3, 0.4) is 0 Å². The molecule has 1 aliphatic rings. The highest BCUT2D eigenvalue weighted by atomic mass is 32.2. The van der Waals surface area contributed by atoms with Crippen LogP contribution in [0, 0.1) is 11.8 Å². The number of benzene rings is 1. The summed E-state index contributed by atoms with van der Waals surface area (Å²) >= 11 is 1.67. The molecule has 1 aliphatic heterocycles. The van der Waals surface area contributed by atoms with Gasteiger partial charge in [0.2, 0.25) is 5.91 Å². The number of piperidine rings is 1. The fourth-order valence-corrected chi connectivity index (χ4v) is 5.17. The molecule has 4 atom stereocenters. The predicted octanol–water partition coefficient (Wildman–Crippen LogP) is 4.83. The lowest BCUT2D eigenvalue weighted by molar-refractivity contribution is -0.138. The third-order valence-corrected chi connectivity index (χ3v) is 7.20. The third-order valence-electron chi connectivity index (χ3n) is 6.05. The first-order valence-corrected chi connectivity index (χ1v) is 12.2. The van der Waals surface area contributed by atoms with Crippen LogP contribution < -0.4 is 0 Å². The molecule has 0 saturated carbocycles. The van der Waals surface area contributed by atoms with Crippen LogP contribution in [-0.2, 0) is 9.59 Å². The van der Waals surface area contributed by atoms with E-state index in [-0.39, 0.29) is 30.4 Å². The fourth-order valence-electron chi connectivity index (χ4n) is 4.30. The number of aliphatic hydroxyl groups excluding tert-OH is 1. The molecule has 2 N–H and O–H groups in total. The second kappa shape index (κ2) is 13.0. The molecule has 1 unspecified atom stereocenters. The van der Waals surface area contributed by atoms with E-state index in [1.807, 2.05) is 23.1 Å². The summed E-state index contributed by atoms with van der Waals surface area (Å²) in [4.78, 5) is 26.5. The number of carbonyl (C=O) groups is 2. The van der Waals surface area contributed by atoms with Gasteiger partial charge in [-0.15, -0.1) is 11.8 Å². The molecule has 5 nitrogen and oxygen atoms in total. The zero-order chi connectivity index (χ0) is 21.9. The summed E-state index contributed by atoms with van der Waals surface area (Å²) in [5.74, 6) is 0.802. The SMILES string of the molecule is C[C@@H](CCCC(=O)O)CCN1C(=O)CCC[C@@H]1[C@@H](C)CC(O)CSc1ccccc1. The minimum absolute atomic E-state index is 0.189. The number of carboxylic acid groups (broad SMARTS) is 1. The molecular formula is C24H37NO4S. The first kappa shape index (κ1) is 24.7. The Hall–Kier alpha value is -1.53.